The van der Waals surface area contributed by atoms with Gasteiger partial charge in [0, 0.05) is 27.6 Å². The number of pyridine rings is 1. The van der Waals surface area contributed by atoms with Gasteiger partial charge in [-0.25, -0.2) is 0 Å². The predicted octanol–water partition coefficient (Wildman–Crippen LogP) is 6.34. The molecule has 3 N–H and O–H groups in total. The van der Waals surface area contributed by atoms with Gasteiger partial charge in [-0.15, -0.1) is 0 Å². The molecule has 0 aliphatic carbocycles. The third-order valence-corrected chi connectivity index (χ3v) is 5.30. The van der Waals surface area contributed by atoms with Gasteiger partial charge in [0.25, 0.3) is 0 Å². The van der Waals surface area contributed by atoms with Crippen LogP contribution < -0.4 is 5.73 Å². The molecule has 4 rings (SSSR count). The third-order valence-electron chi connectivity index (χ3n) is 5.08. The molecule has 2 aromatic carbocycles. The SMILES string of the molecule is NCCCCc1c(-c2cccc3ncccc23)[nH]c2c(C(F)(F)F)cc(Cl)cc12. The van der Waals surface area contributed by atoms with Crippen LogP contribution in [-0.4, -0.2) is 16.5 Å². The second-order valence-electron chi connectivity index (χ2n) is 6.97. The summed E-state index contributed by atoms with van der Waals surface area (Å²) in [6.07, 6.45) is -0.662. The van der Waals surface area contributed by atoms with Gasteiger partial charge in [0.1, 0.15) is 0 Å². The first kappa shape index (κ1) is 19.7. The molecule has 3 nitrogen and oxygen atoms in total. The van der Waals surface area contributed by atoms with Gasteiger partial charge in [-0.3, -0.25) is 4.98 Å². The summed E-state index contributed by atoms with van der Waals surface area (Å²) in [7, 11) is 0. The quantitative estimate of drug-likeness (QED) is 0.372. The van der Waals surface area contributed by atoms with E-state index in [0.717, 1.165) is 40.9 Å². The molecule has 0 aliphatic rings. The van der Waals surface area contributed by atoms with Crippen molar-refractivity contribution in [3.63, 3.8) is 0 Å². The highest BCUT2D eigenvalue weighted by Gasteiger charge is 2.34. The van der Waals surface area contributed by atoms with Gasteiger partial charge in [0.05, 0.1) is 22.3 Å². The van der Waals surface area contributed by atoms with Crippen LogP contribution in [0.2, 0.25) is 5.02 Å². The lowest BCUT2D eigenvalue weighted by molar-refractivity contribution is -0.136. The zero-order chi connectivity index (χ0) is 20.6. The van der Waals surface area contributed by atoms with Gasteiger partial charge >= 0.3 is 6.18 Å². The van der Waals surface area contributed by atoms with Crippen molar-refractivity contribution in [2.75, 3.05) is 6.54 Å². The fraction of sp³-hybridized carbons (Fsp3) is 0.227. The number of halogens is 4. The van der Waals surface area contributed by atoms with E-state index in [1.165, 1.54) is 0 Å². The van der Waals surface area contributed by atoms with Crippen LogP contribution in [0.4, 0.5) is 13.2 Å². The number of aryl methyl sites for hydroxylation is 1. The molecule has 0 aliphatic heterocycles. The van der Waals surface area contributed by atoms with Gasteiger partial charge in [-0.05, 0) is 55.6 Å². The maximum atomic E-state index is 13.7. The molecule has 0 saturated carbocycles. The lowest BCUT2D eigenvalue weighted by Gasteiger charge is -2.09. The molecule has 150 valence electrons. The summed E-state index contributed by atoms with van der Waals surface area (Å²) < 4.78 is 41.1. The van der Waals surface area contributed by atoms with Crippen molar-refractivity contribution in [1.29, 1.82) is 0 Å². The molecular formula is C22H19ClF3N3. The fourth-order valence-electron chi connectivity index (χ4n) is 3.80. The topological polar surface area (TPSA) is 54.7 Å². The number of aromatic nitrogens is 2. The second kappa shape index (κ2) is 7.69. The van der Waals surface area contributed by atoms with Crippen molar-refractivity contribution in [3.8, 4) is 11.3 Å². The Hall–Kier alpha value is -2.57. The van der Waals surface area contributed by atoms with E-state index < -0.39 is 11.7 Å². The van der Waals surface area contributed by atoms with Gasteiger partial charge in [0.2, 0.25) is 0 Å². The number of rotatable bonds is 5. The normalized spacial score (nSPS) is 12.2. The molecule has 7 heteroatoms. The summed E-state index contributed by atoms with van der Waals surface area (Å²) in [5.41, 5.74) is 8.01. The maximum Gasteiger partial charge on any atom is 0.418 e. The number of hydrogen-bond acceptors (Lipinski definition) is 2. The Morgan fingerprint density at radius 1 is 1.03 bits per heavy atom. The van der Waals surface area contributed by atoms with E-state index in [1.54, 1.807) is 12.3 Å². The molecule has 2 aromatic heterocycles. The minimum Gasteiger partial charge on any atom is -0.354 e. The van der Waals surface area contributed by atoms with Crippen LogP contribution in [0.15, 0.2) is 48.7 Å². The number of fused-ring (bicyclic) bond motifs is 2. The third kappa shape index (κ3) is 3.70. The molecule has 0 bridgehead atoms. The molecule has 0 amide bonds. The van der Waals surface area contributed by atoms with Crippen LogP contribution >= 0.6 is 11.6 Å². The van der Waals surface area contributed by atoms with E-state index in [0.29, 0.717) is 24.0 Å². The van der Waals surface area contributed by atoms with Crippen LogP contribution in [0.25, 0.3) is 33.1 Å². The van der Waals surface area contributed by atoms with Crippen molar-refractivity contribution in [2.45, 2.75) is 25.4 Å². The summed E-state index contributed by atoms with van der Waals surface area (Å²) in [6, 6.07) is 12.0. The average molecular weight is 418 g/mol. The Morgan fingerprint density at radius 2 is 1.86 bits per heavy atom. The molecule has 0 unspecified atom stereocenters. The Balaban J connectivity index is 2.03. The molecule has 29 heavy (non-hydrogen) atoms. The molecular weight excluding hydrogens is 399 g/mol. The minimum atomic E-state index is -4.51. The zero-order valence-electron chi connectivity index (χ0n) is 15.5. The molecule has 0 fully saturated rings. The first-order valence-corrected chi connectivity index (χ1v) is 9.73. The number of H-pyrrole nitrogens is 1. The molecule has 0 spiro atoms. The van der Waals surface area contributed by atoms with E-state index in [9.17, 15) is 13.2 Å². The Bertz CT molecular complexity index is 1180. The highest BCUT2D eigenvalue weighted by atomic mass is 35.5. The highest BCUT2D eigenvalue weighted by Crippen LogP contribution is 2.42. The maximum absolute atomic E-state index is 13.7. The number of aromatic amines is 1. The van der Waals surface area contributed by atoms with E-state index >= 15 is 0 Å². The number of hydrogen-bond donors (Lipinski definition) is 2. The van der Waals surface area contributed by atoms with E-state index in [1.807, 2.05) is 30.3 Å². The van der Waals surface area contributed by atoms with Crippen molar-refractivity contribution >= 4 is 33.4 Å². The second-order valence-corrected chi connectivity index (χ2v) is 7.41. The first-order chi connectivity index (χ1) is 13.9. The average Bonchev–Trinajstić information content (AvgIpc) is 3.04. The number of nitrogens with one attached hydrogen (secondary N) is 1. The number of alkyl halides is 3. The molecule has 4 aromatic rings. The van der Waals surface area contributed by atoms with Gasteiger partial charge in [-0.1, -0.05) is 29.8 Å². The van der Waals surface area contributed by atoms with Crippen molar-refractivity contribution in [2.24, 2.45) is 5.73 Å². The summed E-state index contributed by atoms with van der Waals surface area (Å²) in [6.45, 7) is 0.532. The van der Waals surface area contributed by atoms with Crippen molar-refractivity contribution in [1.82, 2.24) is 9.97 Å². The molecule has 0 atom stereocenters. The highest BCUT2D eigenvalue weighted by molar-refractivity contribution is 6.31. The van der Waals surface area contributed by atoms with Gasteiger partial charge in [-0.2, -0.15) is 13.2 Å². The van der Waals surface area contributed by atoms with Crippen LogP contribution in [0.3, 0.4) is 0 Å². The minimum absolute atomic E-state index is 0.0561. The lowest BCUT2D eigenvalue weighted by Crippen LogP contribution is -2.05. The summed E-state index contributed by atoms with van der Waals surface area (Å²) in [5.74, 6) is 0. The van der Waals surface area contributed by atoms with E-state index in [-0.39, 0.29) is 10.5 Å². The summed E-state index contributed by atoms with van der Waals surface area (Å²) in [4.78, 5) is 7.43. The van der Waals surface area contributed by atoms with Crippen molar-refractivity contribution in [3.05, 3.63) is 64.8 Å². The Kier molecular flexibility index (Phi) is 5.23. The fourth-order valence-corrected chi connectivity index (χ4v) is 4.01. The molecule has 0 saturated heterocycles. The molecule has 0 radical (unpaired) electrons. The summed E-state index contributed by atoms with van der Waals surface area (Å²) in [5, 5.41) is 1.44. The van der Waals surface area contributed by atoms with E-state index in [4.69, 9.17) is 17.3 Å². The number of unbranched alkanes of at least 4 members (excludes halogenated alkanes) is 1. The number of nitrogens with zero attached hydrogens (tertiary/aromatic N) is 1. The predicted molar refractivity (Wildman–Crippen MR) is 111 cm³/mol. The number of nitrogens with two attached hydrogens (primary N) is 1. The largest absolute Gasteiger partial charge is 0.418 e. The Morgan fingerprint density at radius 3 is 2.62 bits per heavy atom. The van der Waals surface area contributed by atoms with Crippen LogP contribution in [0.1, 0.15) is 24.0 Å². The first-order valence-electron chi connectivity index (χ1n) is 9.35. The zero-order valence-corrected chi connectivity index (χ0v) is 16.2. The van der Waals surface area contributed by atoms with E-state index in [2.05, 4.69) is 9.97 Å². The van der Waals surface area contributed by atoms with Crippen LogP contribution in [-0.2, 0) is 12.6 Å². The number of benzene rings is 2. The monoisotopic (exact) mass is 417 g/mol. The lowest BCUT2D eigenvalue weighted by atomic mass is 9.97. The van der Waals surface area contributed by atoms with Gasteiger partial charge < -0.3 is 10.7 Å². The standard InChI is InChI=1S/C22H19ClF3N3/c23-13-11-17-16(5-1-2-9-27)20(29-21(17)18(12-13)22(24,25)26)15-6-3-8-19-14(15)7-4-10-28-19/h3-4,6-8,10-12,29H,1-2,5,9,27H2. The smallest absolute Gasteiger partial charge is 0.354 e. The Labute approximate surface area is 170 Å². The van der Waals surface area contributed by atoms with Crippen molar-refractivity contribution < 1.29 is 13.2 Å². The van der Waals surface area contributed by atoms with Gasteiger partial charge in [0.15, 0.2) is 0 Å². The summed E-state index contributed by atoms with van der Waals surface area (Å²) >= 11 is 6.07. The van der Waals surface area contributed by atoms with Crippen LogP contribution in [0, 0.1) is 0 Å². The van der Waals surface area contributed by atoms with Crippen LogP contribution in [0.5, 0.6) is 0 Å². The molecule has 2 heterocycles.